The van der Waals surface area contributed by atoms with Gasteiger partial charge in [0.1, 0.15) is 5.03 Å². The Bertz CT molecular complexity index is 848. The Morgan fingerprint density at radius 1 is 1.09 bits per heavy atom. The summed E-state index contributed by atoms with van der Waals surface area (Å²) in [5.41, 5.74) is 2.18. The van der Waals surface area contributed by atoms with Crippen LogP contribution in [0.25, 0.3) is 27.3 Å². The third kappa shape index (κ3) is 3.05. The molecule has 0 unspecified atom stereocenters. The van der Waals surface area contributed by atoms with Gasteiger partial charge < -0.3 is 11.8 Å². The van der Waals surface area contributed by atoms with Crippen molar-refractivity contribution in [3.8, 4) is 0 Å². The Labute approximate surface area is 173 Å². The second kappa shape index (κ2) is 8.03. The number of para-hydroxylation sites is 1. The van der Waals surface area contributed by atoms with Crippen molar-refractivity contribution in [2.24, 2.45) is 0 Å². The first-order valence-electron chi connectivity index (χ1n) is 6.13. The van der Waals surface area contributed by atoms with E-state index in [0.717, 1.165) is 16.1 Å². The van der Waals surface area contributed by atoms with Gasteiger partial charge in [-0.3, -0.25) is 4.98 Å². The van der Waals surface area contributed by atoms with Gasteiger partial charge >= 0.3 is 0 Å². The molecule has 4 aromatic rings. The van der Waals surface area contributed by atoms with Crippen molar-refractivity contribution in [2.75, 3.05) is 6.26 Å². The molecule has 2 heterocycles. The van der Waals surface area contributed by atoms with Gasteiger partial charge in [-0.05, 0) is 17.7 Å². The third-order valence-corrected chi connectivity index (χ3v) is 4.04. The van der Waals surface area contributed by atoms with Gasteiger partial charge in [0.15, 0.2) is 0 Å². The van der Waals surface area contributed by atoms with Gasteiger partial charge in [0.05, 0.1) is 5.65 Å². The SMILES string of the molecule is CSc1cn2c3ccccc3c3ccc[c-]c3c2n1.[CH3-].[Ir].[Y]. The molecule has 2 aromatic heterocycles. The van der Waals surface area contributed by atoms with Crippen LogP contribution in [0.2, 0.25) is 0 Å². The fraction of sp³-hybridized carbons (Fsp3) is 0.0588. The minimum atomic E-state index is 0. The number of fused-ring (bicyclic) bond motifs is 6. The van der Waals surface area contributed by atoms with Crippen molar-refractivity contribution in [2.45, 2.75) is 5.03 Å². The number of hydrogen-bond donors (Lipinski definition) is 0. The number of imidazole rings is 1. The molecule has 0 fully saturated rings. The summed E-state index contributed by atoms with van der Waals surface area (Å²) in [5.74, 6) is 0. The van der Waals surface area contributed by atoms with Crippen LogP contribution in [0.15, 0.2) is 53.7 Å². The molecular weight excluding hydrogens is 545 g/mol. The van der Waals surface area contributed by atoms with Crippen LogP contribution in [-0.2, 0) is 52.8 Å². The van der Waals surface area contributed by atoms with Crippen LogP contribution in [-0.4, -0.2) is 15.6 Å². The molecule has 0 saturated carbocycles. The molecule has 2 aromatic carbocycles. The van der Waals surface area contributed by atoms with Crippen LogP contribution in [0.5, 0.6) is 0 Å². The smallest absolute Gasteiger partial charge is 0.103 e. The van der Waals surface area contributed by atoms with E-state index in [0.29, 0.717) is 0 Å². The van der Waals surface area contributed by atoms with E-state index >= 15 is 0 Å². The molecule has 0 aliphatic heterocycles. The van der Waals surface area contributed by atoms with Crippen LogP contribution in [0.3, 0.4) is 0 Å². The molecule has 22 heavy (non-hydrogen) atoms. The number of aromatic nitrogens is 2. The zero-order valence-electron chi connectivity index (χ0n) is 12.3. The van der Waals surface area contributed by atoms with Gasteiger partial charge in [0.2, 0.25) is 0 Å². The first kappa shape index (κ1) is 19.8. The molecule has 0 bridgehead atoms. The van der Waals surface area contributed by atoms with Gasteiger partial charge in [-0.25, -0.2) is 0 Å². The molecule has 112 valence electrons. The van der Waals surface area contributed by atoms with Crippen molar-refractivity contribution >= 4 is 39.1 Å². The van der Waals surface area contributed by atoms with E-state index in [-0.39, 0.29) is 60.2 Å². The van der Waals surface area contributed by atoms with Crippen LogP contribution < -0.4 is 0 Å². The zero-order valence-corrected chi connectivity index (χ0v) is 18.4. The summed E-state index contributed by atoms with van der Waals surface area (Å²) in [6.07, 6.45) is 4.15. The molecule has 0 aliphatic rings. The standard InChI is InChI=1S/C16H11N2S.CH3.Ir.Y/c1-19-15-10-18-14-9-5-4-7-12(14)11-6-2-3-8-13(11)16(18)17-15;;;/h2-7,9-10H,1H3;1H3;;/q2*-1;;. The molecule has 0 saturated heterocycles. The molecule has 2 nitrogen and oxygen atoms in total. The average molecular weight is 560 g/mol. The number of pyridine rings is 1. The van der Waals surface area contributed by atoms with E-state index in [1.807, 2.05) is 12.1 Å². The number of rotatable bonds is 1. The molecule has 5 heteroatoms. The maximum Gasteiger partial charge on any atom is 0.103 e. The predicted molar refractivity (Wildman–Crippen MR) is 87.2 cm³/mol. The van der Waals surface area contributed by atoms with Crippen LogP contribution in [0.1, 0.15) is 0 Å². The minimum absolute atomic E-state index is 0. The number of benzene rings is 2. The Hall–Kier alpha value is -0.247. The summed E-state index contributed by atoms with van der Waals surface area (Å²) in [7, 11) is 0. The quantitative estimate of drug-likeness (QED) is 0.193. The maximum atomic E-state index is 4.70. The van der Waals surface area contributed by atoms with Crippen LogP contribution in [0, 0.1) is 13.5 Å². The van der Waals surface area contributed by atoms with Gasteiger partial charge in [-0.2, -0.15) is 0 Å². The Morgan fingerprint density at radius 3 is 2.59 bits per heavy atom. The molecule has 0 spiro atoms. The first-order chi connectivity index (χ1) is 9.38. The van der Waals surface area contributed by atoms with Crippen molar-refractivity contribution < 1.29 is 52.8 Å². The number of nitrogens with zero attached hydrogens (tertiary/aromatic N) is 2. The normalized spacial score (nSPS) is 10.0. The predicted octanol–water partition coefficient (Wildman–Crippen LogP) is 4.61. The molecular formula is C17H14IrN2SY-2. The topological polar surface area (TPSA) is 17.3 Å². The Morgan fingerprint density at radius 2 is 1.82 bits per heavy atom. The van der Waals surface area contributed by atoms with Crippen molar-refractivity contribution in [3.63, 3.8) is 0 Å². The Kier molecular flexibility index (Phi) is 7.23. The summed E-state index contributed by atoms with van der Waals surface area (Å²) in [5, 5.41) is 4.58. The molecule has 0 aliphatic carbocycles. The van der Waals surface area contributed by atoms with Gasteiger partial charge in [0.25, 0.3) is 0 Å². The van der Waals surface area contributed by atoms with E-state index in [1.165, 1.54) is 16.3 Å². The van der Waals surface area contributed by atoms with E-state index in [1.54, 1.807) is 11.8 Å². The van der Waals surface area contributed by atoms with Crippen molar-refractivity contribution in [1.82, 2.24) is 9.38 Å². The summed E-state index contributed by atoms with van der Waals surface area (Å²) in [6, 6.07) is 17.9. The van der Waals surface area contributed by atoms with Crippen LogP contribution in [0.4, 0.5) is 0 Å². The third-order valence-electron chi connectivity index (χ3n) is 3.43. The van der Waals surface area contributed by atoms with Crippen molar-refractivity contribution in [3.05, 3.63) is 62.2 Å². The monoisotopic (exact) mass is 560 g/mol. The molecule has 4 rings (SSSR count). The minimum Gasteiger partial charge on any atom is -0.358 e. The fourth-order valence-electron chi connectivity index (χ4n) is 2.57. The molecule has 0 atom stereocenters. The fourth-order valence-corrected chi connectivity index (χ4v) is 2.96. The van der Waals surface area contributed by atoms with E-state index in [4.69, 9.17) is 4.98 Å². The van der Waals surface area contributed by atoms with Gasteiger partial charge in [0, 0.05) is 64.5 Å². The van der Waals surface area contributed by atoms with Gasteiger partial charge in [-0.1, -0.05) is 23.6 Å². The maximum absolute atomic E-state index is 4.70. The summed E-state index contributed by atoms with van der Waals surface area (Å²) in [4.78, 5) is 4.70. The van der Waals surface area contributed by atoms with Crippen LogP contribution >= 0.6 is 11.8 Å². The largest absolute Gasteiger partial charge is 0.358 e. The summed E-state index contributed by atoms with van der Waals surface area (Å²) < 4.78 is 2.17. The van der Waals surface area contributed by atoms with Gasteiger partial charge in [-0.15, -0.1) is 41.4 Å². The molecule has 0 amide bonds. The van der Waals surface area contributed by atoms with E-state index in [9.17, 15) is 0 Å². The Balaban J connectivity index is 0.000000807. The summed E-state index contributed by atoms with van der Waals surface area (Å²) >= 11 is 1.67. The average Bonchev–Trinajstić information content (AvgIpc) is 2.92. The zero-order chi connectivity index (χ0) is 12.8. The molecule has 2 radical (unpaired) electrons. The molecule has 0 N–H and O–H groups in total. The number of hydrogen-bond acceptors (Lipinski definition) is 2. The second-order valence-electron chi connectivity index (χ2n) is 4.45. The van der Waals surface area contributed by atoms with E-state index < -0.39 is 0 Å². The second-order valence-corrected chi connectivity index (χ2v) is 5.28. The first-order valence-corrected chi connectivity index (χ1v) is 7.35. The number of thioether (sulfide) groups is 1. The van der Waals surface area contributed by atoms with E-state index in [2.05, 4.69) is 53.3 Å². The van der Waals surface area contributed by atoms with Crippen molar-refractivity contribution in [1.29, 1.82) is 0 Å². The summed E-state index contributed by atoms with van der Waals surface area (Å²) in [6.45, 7) is 0.